The molecule has 6 heteroatoms. The van der Waals surface area contributed by atoms with Crippen molar-refractivity contribution in [3.8, 4) is 6.07 Å². The van der Waals surface area contributed by atoms with Crippen molar-refractivity contribution in [2.24, 2.45) is 0 Å². The Labute approximate surface area is 136 Å². The molecule has 21 heavy (non-hydrogen) atoms. The number of anilines is 1. The molecule has 2 heterocycles. The zero-order chi connectivity index (χ0) is 15.0. The van der Waals surface area contributed by atoms with Crippen LogP contribution in [-0.4, -0.2) is 11.2 Å². The van der Waals surface area contributed by atoms with Gasteiger partial charge in [-0.3, -0.25) is 4.79 Å². The number of nitriles is 1. The predicted molar refractivity (Wildman–Crippen MR) is 87.0 cm³/mol. The minimum absolute atomic E-state index is 0.0621. The molecule has 0 fully saturated rings. The smallest absolute Gasteiger partial charge is 0.240 e. The SMILES string of the molecule is CC1Sc2ccc(C#N)cc2N(Cc2ccc(Cl)s2)C1=O. The van der Waals surface area contributed by atoms with Crippen LogP contribution in [0.5, 0.6) is 0 Å². The van der Waals surface area contributed by atoms with Gasteiger partial charge in [-0.05, 0) is 37.3 Å². The lowest BCUT2D eigenvalue weighted by atomic mass is 10.2. The molecule has 106 valence electrons. The molecular formula is C15H11ClN2OS2. The van der Waals surface area contributed by atoms with Crippen molar-refractivity contribution in [3.63, 3.8) is 0 Å². The van der Waals surface area contributed by atoms with Gasteiger partial charge in [-0.25, -0.2) is 0 Å². The number of rotatable bonds is 2. The number of halogens is 1. The second-order valence-electron chi connectivity index (χ2n) is 4.68. The third-order valence-corrected chi connectivity index (χ3v) is 5.61. The fourth-order valence-corrected chi connectivity index (χ4v) is 4.35. The minimum atomic E-state index is -0.124. The molecule has 3 nitrogen and oxygen atoms in total. The average Bonchev–Trinajstić information content (AvgIpc) is 2.89. The summed E-state index contributed by atoms with van der Waals surface area (Å²) in [5.74, 6) is 0.0621. The van der Waals surface area contributed by atoms with E-state index < -0.39 is 0 Å². The van der Waals surface area contributed by atoms with Crippen molar-refractivity contribution >= 4 is 46.3 Å². The summed E-state index contributed by atoms with van der Waals surface area (Å²) in [5, 5.41) is 8.94. The summed E-state index contributed by atoms with van der Waals surface area (Å²) in [7, 11) is 0. The van der Waals surface area contributed by atoms with E-state index in [4.69, 9.17) is 16.9 Å². The zero-order valence-corrected chi connectivity index (χ0v) is 13.6. The van der Waals surface area contributed by atoms with Crippen LogP contribution in [0.1, 0.15) is 17.4 Å². The highest BCUT2D eigenvalue weighted by Crippen LogP contribution is 2.40. The number of nitrogens with zero attached hydrogens (tertiary/aromatic N) is 2. The molecule has 1 aromatic heterocycles. The number of amides is 1. The maximum absolute atomic E-state index is 12.5. The first-order valence-electron chi connectivity index (χ1n) is 6.35. The first-order valence-corrected chi connectivity index (χ1v) is 8.42. The highest BCUT2D eigenvalue weighted by Gasteiger charge is 2.31. The van der Waals surface area contributed by atoms with Crippen molar-refractivity contribution in [1.82, 2.24) is 0 Å². The van der Waals surface area contributed by atoms with Gasteiger partial charge in [0.25, 0.3) is 0 Å². The quantitative estimate of drug-likeness (QED) is 0.822. The molecule has 0 radical (unpaired) electrons. The van der Waals surface area contributed by atoms with E-state index in [9.17, 15) is 4.79 Å². The highest BCUT2D eigenvalue weighted by atomic mass is 35.5. The third kappa shape index (κ3) is 2.80. The number of fused-ring (bicyclic) bond motifs is 1. The Morgan fingerprint density at radius 3 is 2.86 bits per heavy atom. The van der Waals surface area contributed by atoms with Crippen LogP contribution in [0.25, 0.3) is 0 Å². The number of carbonyl (C=O) groups excluding carboxylic acids is 1. The highest BCUT2D eigenvalue weighted by molar-refractivity contribution is 8.01. The lowest BCUT2D eigenvalue weighted by molar-refractivity contribution is -0.118. The molecule has 3 rings (SSSR count). The van der Waals surface area contributed by atoms with E-state index in [1.165, 1.54) is 23.1 Å². The fraction of sp³-hybridized carbons (Fsp3) is 0.200. The molecule has 1 unspecified atom stereocenters. The van der Waals surface area contributed by atoms with Crippen LogP contribution in [0.3, 0.4) is 0 Å². The summed E-state index contributed by atoms with van der Waals surface area (Å²) in [6, 6.07) is 11.4. The lowest BCUT2D eigenvalue weighted by Crippen LogP contribution is -2.39. The molecule has 0 N–H and O–H groups in total. The topological polar surface area (TPSA) is 44.1 Å². The van der Waals surface area contributed by atoms with E-state index in [1.807, 2.05) is 25.1 Å². The van der Waals surface area contributed by atoms with E-state index >= 15 is 0 Å². The Morgan fingerprint density at radius 1 is 1.38 bits per heavy atom. The first kappa shape index (κ1) is 14.5. The second-order valence-corrected chi connectivity index (χ2v) is 7.87. The molecule has 1 aromatic carbocycles. The van der Waals surface area contributed by atoms with Gasteiger partial charge in [-0.15, -0.1) is 23.1 Å². The van der Waals surface area contributed by atoms with Crippen molar-refractivity contribution in [2.75, 3.05) is 4.90 Å². The number of carbonyl (C=O) groups is 1. The van der Waals surface area contributed by atoms with Crippen LogP contribution in [0.15, 0.2) is 35.2 Å². The monoisotopic (exact) mass is 334 g/mol. The van der Waals surface area contributed by atoms with Gasteiger partial charge >= 0.3 is 0 Å². The number of thiophene rings is 1. The molecule has 0 spiro atoms. The predicted octanol–water partition coefficient (Wildman–Crippen LogP) is 4.30. The largest absolute Gasteiger partial charge is 0.305 e. The average molecular weight is 335 g/mol. The van der Waals surface area contributed by atoms with Gasteiger partial charge in [-0.1, -0.05) is 11.6 Å². The molecule has 0 bridgehead atoms. The molecule has 1 aliphatic rings. The first-order chi connectivity index (χ1) is 10.1. The third-order valence-electron chi connectivity index (χ3n) is 3.24. The van der Waals surface area contributed by atoms with Crippen LogP contribution in [0, 0.1) is 11.3 Å². The number of thioether (sulfide) groups is 1. The van der Waals surface area contributed by atoms with Gasteiger partial charge in [0.2, 0.25) is 5.91 Å². The molecule has 2 aromatic rings. The summed E-state index contributed by atoms with van der Waals surface area (Å²) >= 11 is 8.96. The molecule has 1 aliphatic heterocycles. The molecule has 1 atom stereocenters. The standard InChI is InChI=1S/C15H11ClN2OS2/c1-9-15(19)18(8-11-3-5-14(16)21-11)12-6-10(7-17)2-4-13(12)20-9/h2-6,9H,8H2,1H3. The van der Waals surface area contributed by atoms with Gasteiger partial charge < -0.3 is 4.90 Å². The van der Waals surface area contributed by atoms with Gasteiger partial charge in [0.1, 0.15) is 0 Å². The second kappa shape index (κ2) is 5.72. The zero-order valence-electron chi connectivity index (χ0n) is 11.2. The van der Waals surface area contributed by atoms with Gasteiger partial charge in [-0.2, -0.15) is 5.26 Å². The molecule has 1 amide bonds. The Kier molecular flexibility index (Phi) is 3.94. The normalized spacial score (nSPS) is 17.5. The van der Waals surface area contributed by atoms with E-state index in [-0.39, 0.29) is 11.2 Å². The number of hydrogen-bond donors (Lipinski definition) is 0. The Morgan fingerprint density at radius 2 is 2.19 bits per heavy atom. The summed E-state index contributed by atoms with van der Waals surface area (Å²) in [6.07, 6.45) is 0. The van der Waals surface area contributed by atoms with E-state index in [2.05, 4.69) is 6.07 Å². The van der Waals surface area contributed by atoms with Gasteiger partial charge in [0.05, 0.1) is 33.5 Å². The van der Waals surface area contributed by atoms with Crippen LogP contribution in [-0.2, 0) is 11.3 Å². The van der Waals surface area contributed by atoms with Crippen LogP contribution in [0.4, 0.5) is 5.69 Å². The number of hydrogen-bond acceptors (Lipinski definition) is 4. The van der Waals surface area contributed by atoms with Crippen molar-refractivity contribution < 1.29 is 4.79 Å². The fourth-order valence-electron chi connectivity index (χ4n) is 2.23. The molecular weight excluding hydrogens is 324 g/mol. The summed E-state index contributed by atoms with van der Waals surface area (Å²) in [6.45, 7) is 2.39. The van der Waals surface area contributed by atoms with E-state index in [0.29, 0.717) is 16.4 Å². The van der Waals surface area contributed by atoms with E-state index in [0.717, 1.165) is 15.5 Å². The Hall–Kier alpha value is -1.48. The van der Waals surface area contributed by atoms with Crippen molar-refractivity contribution in [1.29, 1.82) is 5.26 Å². The molecule has 0 saturated carbocycles. The maximum Gasteiger partial charge on any atom is 0.240 e. The van der Waals surface area contributed by atoms with Crippen molar-refractivity contribution in [3.05, 3.63) is 45.1 Å². The lowest BCUT2D eigenvalue weighted by Gasteiger charge is -2.32. The minimum Gasteiger partial charge on any atom is -0.305 e. The van der Waals surface area contributed by atoms with Crippen LogP contribution in [0.2, 0.25) is 4.34 Å². The van der Waals surface area contributed by atoms with Crippen molar-refractivity contribution in [2.45, 2.75) is 23.6 Å². The van der Waals surface area contributed by atoms with Gasteiger partial charge in [0, 0.05) is 9.77 Å². The maximum atomic E-state index is 12.5. The molecule has 0 saturated heterocycles. The molecule has 0 aliphatic carbocycles. The van der Waals surface area contributed by atoms with Crippen LogP contribution < -0.4 is 4.90 Å². The Balaban J connectivity index is 2.02. The summed E-state index contributed by atoms with van der Waals surface area (Å²) in [5.41, 5.74) is 1.37. The summed E-state index contributed by atoms with van der Waals surface area (Å²) < 4.78 is 0.711. The Bertz CT molecular complexity index is 750. The van der Waals surface area contributed by atoms with Crippen LogP contribution >= 0.6 is 34.7 Å². The summed E-state index contributed by atoms with van der Waals surface area (Å²) in [4.78, 5) is 16.3. The number of benzene rings is 1. The van der Waals surface area contributed by atoms with E-state index in [1.54, 1.807) is 17.0 Å². The van der Waals surface area contributed by atoms with Gasteiger partial charge in [0.15, 0.2) is 0 Å².